The quantitative estimate of drug-likeness (QED) is 0.805. The molecule has 1 aromatic heterocycles. The van der Waals surface area contributed by atoms with Crippen LogP contribution in [0, 0.1) is 0 Å². The molecule has 0 aliphatic carbocycles. The van der Waals surface area contributed by atoms with Crippen molar-refractivity contribution < 1.29 is 23.1 Å². The van der Waals surface area contributed by atoms with Crippen molar-refractivity contribution in [3.63, 3.8) is 0 Å². The van der Waals surface area contributed by atoms with E-state index in [2.05, 4.69) is 20.7 Å². The number of rotatable bonds is 3. The maximum absolute atomic E-state index is 12.4. The second-order valence-corrected chi connectivity index (χ2v) is 8.32. The highest BCUT2D eigenvalue weighted by Gasteiger charge is 2.34. The third-order valence-corrected chi connectivity index (χ3v) is 6.88. The number of hydrogen-bond donors (Lipinski definition) is 1. The van der Waals surface area contributed by atoms with Gasteiger partial charge in [0.05, 0.1) is 17.0 Å². The Bertz CT molecular complexity index is 597. The molecule has 9 heteroatoms. The van der Waals surface area contributed by atoms with E-state index < -0.39 is 22.1 Å². The van der Waals surface area contributed by atoms with Crippen molar-refractivity contribution >= 4 is 43.3 Å². The standard InChI is InChI=1S/C10H12BrNO5S2/c1-17-10(14)7-4-8(9(11)18-7)19(15,16)12-3-2-6(13)5-12/h4,6,13H,2-3,5H2,1H3/t6-/m0/s1. The van der Waals surface area contributed by atoms with Gasteiger partial charge in [-0.2, -0.15) is 4.31 Å². The van der Waals surface area contributed by atoms with Crippen molar-refractivity contribution in [2.45, 2.75) is 17.4 Å². The highest BCUT2D eigenvalue weighted by molar-refractivity contribution is 9.11. The van der Waals surface area contributed by atoms with Crippen LogP contribution < -0.4 is 0 Å². The van der Waals surface area contributed by atoms with Crippen molar-refractivity contribution in [1.82, 2.24) is 4.31 Å². The molecule has 1 saturated heterocycles. The summed E-state index contributed by atoms with van der Waals surface area (Å²) in [6.45, 7) is 0.359. The van der Waals surface area contributed by atoms with Crippen LogP contribution in [0.5, 0.6) is 0 Å². The summed E-state index contributed by atoms with van der Waals surface area (Å²) in [5.74, 6) is -0.575. The largest absolute Gasteiger partial charge is 0.465 e. The molecule has 1 fully saturated rings. The first-order valence-corrected chi connectivity index (χ1v) is 8.47. The predicted octanol–water partition coefficient (Wildman–Crippen LogP) is 1.05. The fourth-order valence-electron chi connectivity index (χ4n) is 1.80. The summed E-state index contributed by atoms with van der Waals surface area (Å²) in [7, 11) is -2.46. The number of sulfonamides is 1. The lowest BCUT2D eigenvalue weighted by atomic mass is 10.3. The molecule has 19 heavy (non-hydrogen) atoms. The Morgan fingerprint density at radius 2 is 2.32 bits per heavy atom. The van der Waals surface area contributed by atoms with Gasteiger partial charge < -0.3 is 9.84 Å². The van der Waals surface area contributed by atoms with E-state index in [0.29, 0.717) is 10.2 Å². The van der Waals surface area contributed by atoms with Gasteiger partial charge in [0.15, 0.2) is 0 Å². The molecule has 1 N–H and O–H groups in total. The van der Waals surface area contributed by atoms with Crippen LogP contribution in [0.2, 0.25) is 0 Å². The highest BCUT2D eigenvalue weighted by Crippen LogP contribution is 2.34. The van der Waals surface area contributed by atoms with Gasteiger partial charge in [-0.25, -0.2) is 13.2 Å². The Morgan fingerprint density at radius 1 is 1.63 bits per heavy atom. The maximum atomic E-state index is 12.4. The van der Waals surface area contributed by atoms with Crippen LogP contribution in [0.3, 0.4) is 0 Å². The zero-order valence-electron chi connectivity index (χ0n) is 10.00. The second-order valence-electron chi connectivity index (χ2n) is 4.05. The van der Waals surface area contributed by atoms with Gasteiger partial charge in [-0.05, 0) is 28.4 Å². The van der Waals surface area contributed by atoms with Crippen LogP contribution in [-0.2, 0) is 14.8 Å². The van der Waals surface area contributed by atoms with Crippen molar-refractivity contribution in [2.75, 3.05) is 20.2 Å². The minimum atomic E-state index is -3.69. The monoisotopic (exact) mass is 369 g/mol. The van der Waals surface area contributed by atoms with E-state index in [-0.39, 0.29) is 22.9 Å². The second kappa shape index (κ2) is 5.49. The summed E-state index contributed by atoms with van der Waals surface area (Å²) in [5, 5.41) is 9.42. The fraction of sp³-hybridized carbons (Fsp3) is 0.500. The third-order valence-electron chi connectivity index (χ3n) is 2.79. The summed E-state index contributed by atoms with van der Waals surface area (Å²) < 4.78 is 30.9. The van der Waals surface area contributed by atoms with Crippen LogP contribution in [0.1, 0.15) is 16.1 Å². The Balaban J connectivity index is 2.36. The summed E-state index contributed by atoms with van der Waals surface area (Å²) >= 11 is 4.16. The Kier molecular flexibility index (Phi) is 4.31. The number of halogens is 1. The molecule has 1 aliphatic rings. The minimum absolute atomic E-state index is 0.0343. The molecule has 1 atom stereocenters. The molecule has 0 aromatic carbocycles. The smallest absolute Gasteiger partial charge is 0.348 e. The Labute approximate surface area is 123 Å². The van der Waals surface area contributed by atoms with Gasteiger partial charge in [-0.15, -0.1) is 11.3 Å². The number of nitrogens with zero attached hydrogens (tertiary/aromatic N) is 1. The van der Waals surface area contributed by atoms with Gasteiger partial charge in [0, 0.05) is 13.1 Å². The molecule has 6 nitrogen and oxygen atoms in total. The topological polar surface area (TPSA) is 83.9 Å². The van der Waals surface area contributed by atoms with Crippen LogP contribution in [0.15, 0.2) is 14.7 Å². The van der Waals surface area contributed by atoms with E-state index in [1.54, 1.807) is 0 Å². The van der Waals surface area contributed by atoms with Crippen molar-refractivity contribution in [3.05, 3.63) is 14.7 Å². The van der Waals surface area contributed by atoms with E-state index in [1.165, 1.54) is 17.5 Å². The average molecular weight is 370 g/mol. The number of esters is 1. The lowest BCUT2D eigenvalue weighted by molar-refractivity contribution is 0.0606. The molecule has 0 spiro atoms. The van der Waals surface area contributed by atoms with Gasteiger partial charge >= 0.3 is 5.97 Å². The van der Waals surface area contributed by atoms with Gasteiger partial charge in [0.25, 0.3) is 0 Å². The number of methoxy groups -OCH3 is 1. The summed E-state index contributed by atoms with van der Waals surface area (Å²) in [5.41, 5.74) is 0. The Morgan fingerprint density at radius 3 is 2.84 bits per heavy atom. The van der Waals surface area contributed by atoms with Gasteiger partial charge in [0.2, 0.25) is 10.0 Å². The zero-order valence-corrected chi connectivity index (χ0v) is 13.2. The number of ether oxygens (including phenoxy) is 1. The number of carbonyl (C=O) groups is 1. The van der Waals surface area contributed by atoms with Crippen molar-refractivity contribution in [2.24, 2.45) is 0 Å². The highest BCUT2D eigenvalue weighted by atomic mass is 79.9. The lowest BCUT2D eigenvalue weighted by Gasteiger charge is -2.14. The van der Waals surface area contributed by atoms with Crippen molar-refractivity contribution in [1.29, 1.82) is 0 Å². The summed E-state index contributed by atoms with van der Waals surface area (Å²) in [6.07, 6.45) is -0.211. The van der Waals surface area contributed by atoms with E-state index >= 15 is 0 Å². The van der Waals surface area contributed by atoms with Crippen LogP contribution in [0.4, 0.5) is 0 Å². The van der Waals surface area contributed by atoms with Crippen LogP contribution in [-0.4, -0.2) is 50.1 Å². The Hall–Kier alpha value is -0.480. The lowest BCUT2D eigenvalue weighted by Crippen LogP contribution is -2.29. The van der Waals surface area contributed by atoms with Crippen LogP contribution >= 0.6 is 27.3 Å². The predicted molar refractivity (Wildman–Crippen MR) is 72.7 cm³/mol. The van der Waals surface area contributed by atoms with E-state index in [4.69, 9.17) is 0 Å². The number of aliphatic hydroxyl groups excluding tert-OH is 1. The minimum Gasteiger partial charge on any atom is -0.465 e. The first kappa shape index (κ1) is 14.9. The first-order valence-electron chi connectivity index (χ1n) is 5.42. The van der Waals surface area contributed by atoms with E-state index in [0.717, 1.165) is 11.3 Å². The van der Waals surface area contributed by atoms with E-state index in [1.807, 2.05) is 0 Å². The molecule has 0 radical (unpaired) electrons. The number of β-amino-alcohol motifs (C(OH)–C–C–N with tert-alkyl or cyclic N) is 1. The fourth-order valence-corrected chi connectivity index (χ4v) is 5.72. The average Bonchev–Trinajstić information content (AvgIpc) is 2.95. The third kappa shape index (κ3) is 2.84. The zero-order chi connectivity index (χ0) is 14.2. The number of hydrogen-bond acceptors (Lipinski definition) is 6. The molecule has 2 rings (SSSR count). The first-order chi connectivity index (χ1) is 8.86. The molecule has 1 aromatic rings. The molecule has 0 amide bonds. The van der Waals surface area contributed by atoms with Gasteiger partial charge in [0.1, 0.15) is 9.77 Å². The number of carbonyl (C=O) groups excluding carboxylic acids is 1. The number of aliphatic hydroxyl groups is 1. The molecule has 0 bridgehead atoms. The van der Waals surface area contributed by atoms with E-state index in [9.17, 15) is 18.3 Å². The SMILES string of the molecule is COC(=O)c1cc(S(=O)(=O)N2CC[C@H](O)C2)c(Br)s1. The molecule has 0 unspecified atom stereocenters. The van der Waals surface area contributed by atoms with Crippen LogP contribution in [0.25, 0.3) is 0 Å². The van der Waals surface area contributed by atoms with Crippen molar-refractivity contribution in [3.8, 4) is 0 Å². The summed E-state index contributed by atoms with van der Waals surface area (Å²) in [6, 6.07) is 1.29. The molecule has 0 saturated carbocycles. The summed E-state index contributed by atoms with van der Waals surface area (Å²) in [4.78, 5) is 11.6. The molecule has 2 heterocycles. The van der Waals surface area contributed by atoms with Gasteiger partial charge in [-0.3, -0.25) is 0 Å². The molecule has 106 valence electrons. The molecule has 1 aliphatic heterocycles. The van der Waals surface area contributed by atoms with Gasteiger partial charge in [-0.1, -0.05) is 0 Å². The molecular formula is C10H12BrNO5S2. The molecular weight excluding hydrogens is 358 g/mol. The number of thiophene rings is 1. The normalized spacial score (nSPS) is 20.7. The maximum Gasteiger partial charge on any atom is 0.348 e.